The van der Waals surface area contributed by atoms with Crippen molar-refractivity contribution in [1.82, 2.24) is 0 Å². The minimum absolute atomic E-state index is 0.241. The second-order valence-corrected chi connectivity index (χ2v) is 4.58. The lowest BCUT2D eigenvalue weighted by atomic mass is 10.0. The van der Waals surface area contributed by atoms with Gasteiger partial charge in [0.2, 0.25) is 5.91 Å². The first kappa shape index (κ1) is 14.2. The van der Waals surface area contributed by atoms with Crippen molar-refractivity contribution in [3.63, 3.8) is 0 Å². The van der Waals surface area contributed by atoms with Crippen molar-refractivity contribution in [2.45, 2.75) is 6.04 Å². The van der Waals surface area contributed by atoms with Gasteiger partial charge in [-0.3, -0.25) is 9.59 Å². The van der Waals surface area contributed by atoms with E-state index in [-0.39, 0.29) is 10.6 Å². The van der Waals surface area contributed by atoms with Crippen LogP contribution in [0.15, 0.2) is 54.6 Å². The molecule has 2 aromatic carbocycles. The molecule has 0 aliphatic heterocycles. The Bertz CT molecular complexity index is 629. The zero-order valence-corrected chi connectivity index (χ0v) is 11.3. The average Bonchev–Trinajstić information content (AvgIpc) is 2.47. The maximum Gasteiger partial charge on any atom is 0.249 e. The highest BCUT2D eigenvalue weighted by Gasteiger charge is 2.24. The molecular weight excluding hydrogens is 276 g/mol. The molecule has 1 amide bonds. The van der Waals surface area contributed by atoms with Crippen molar-refractivity contribution >= 4 is 29.0 Å². The van der Waals surface area contributed by atoms with Crippen LogP contribution in [-0.4, -0.2) is 17.7 Å². The Hall–Kier alpha value is -2.17. The highest BCUT2D eigenvalue weighted by molar-refractivity contribution is 6.35. The molecule has 0 spiro atoms. The normalized spacial score (nSPS) is 11.7. The fourth-order valence-electron chi connectivity index (χ4n) is 1.69. The maximum absolute atomic E-state index is 12.1. The number of benzene rings is 2. The van der Waals surface area contributed by atoms with Gasteiger partial charge in [0.25, 0.3) is 0 Å². The first-order valence-electron chi connectivity index (χ1n) is 6.00. The first-order valence-corrected chi connectivity index (χ1v) is 6.37. The number of anilines is 1. The topological polar surface area (TPSA) is 72.2 Å². The van der Waals surface area contributed by atoms with Gasteiger partial charge < -0.3 is 11.1 Å². The summed E-state index contributed by atoms with van der Waals surface area (Å²) >= 11 is 5.92. The molecule has 4 nitrogen and oxygen atoms in total. The van der Waals surface area contributed by atoms with Gasteiger partial charge in [-0.15, -0.1) is 0 Å². The van der Waals surface area contributed by atoms with Gasteiger partial charge in [-0.2, -0.15) is 0 Å². The first-order chi connectivity index (χ1) is 9.59. The Morgan fingerprint density at radius 1 is 1.00 bits per heavy atom. The Morgan fingerprint density at radius 2 is 1.60 bits per heavy atom. The molecule has 0 saturated heterocycles. The van der Waals surface area contributed by atoms with Gasteiger partial charge >= 0.3 is 0 Å². The van der Waals surface area contributed by atoms with Crippen LogP contribution in [0.5, 0.6) is 0 Å². The van der Waals surface area contributed by atoms with Gasteiger partial charge in [-0.1, -0.05) is 41.9 Å². The number of Topliss-reactive ketones (excluding diaryl/α,β-unsaturated/α-hetero) is 1. The van der Waals surface area contributed by atoms with Gasteiger partial charge in [-0.25, -0.2) is 0 Å². The third kappa shape index (κ3) is 3.23. The number of halogens is 1. The van der Waals surface area contributed by atoms with Crippen molar-refractivity contribution in [2.24, 2.45) is 5.73 Å². The largest absolute Gasteiger partial charge is 0.324 e. The van der Waals surface area contributed by atoms with E-state index in [9.17, 15) is 9.59 Å². The smallest absolute Gasteiger partial charge is 0.249 e. The van der Waals surface area contributed by atoms with E-state index >= 15 is 0 Å². The molecule has 0 saturated carbocycles. The van der Waals surface area contributed by atoms with Crippen molar-refractivity contribution in [3.05, 3.63) is 65.2 Å². The molecule has 0 fully saturated rings. The highest BCUT2D eigenvalue weighted by atomic mass is 35.5. The SMILES string of the molecule is NC(C(=O)Nc1ccccc1)C(=O)c1ccccc1Cl. The highest BCUT2D eigenvalue weighted by Crippen LogP contribution is 2.17. The monoisotopic (exact) mass is 288 g/mol. The van der Waals surface area contributed by atoms with Crippen LogP contribution in [-0.2, 0) is 4.79 Å². The lowest BCUT2D eigenvalue weighted by molar-refractivity contribution is -0.116. The third-order valence-electron chi connectivity index (χ3n) is 2.75. The molecule has 3 N–H and O–H groups in total. The van der Waals surface area contributed by atoms with E-state index in [4.69, 9.17) is 17.3 Å². The zero-order chi connectivity index (χ0) is 14.5. The molecule has 102 valence electrons. The molecule has 0 heterocycles. The lowest BCUT2D eigenvalue weighted by Crippen LogP contribution is -2.42. The summed E-state index contributed by atoms with van der Waals surface area (Å²) in [5.41, 5.74) is 6.51. The molecule has 1 unspecified atom stereocenters. The van der Waals surface area contributed by atoms with Gasteiger partial charge in [0.1, 0.15) is 6.04 Å². The van der Waals surface area contributed by atoms with Crippen LogP contribution in [0.3, 0.4) is 0 Å². The Balaban J connectivity index is 2.11. The van der Waals surface area contributed by atoms with E-state index < -0.39 is 17.7 Å². The van der Waals surface area contributed by atoms with Crippen LogP contribution >= 0.6 is 11.6 Å². The van der Waals surface area contributed by atoms with Crippen LogP contribution in [0, 0.1) is 0 Å². The Kier molecular flexibility index (Phi) is 4.50. The van der Waals surface area contributed by atoms with Crippen LogP contribution in [0.1, 0.15) is 10.4 Å². The Morgan fingerprint density at radius 3 is 2.25 bits per heavy atom. The number of hydrogen-bond acceptors (Lipinski definition) is 3. The van der Waals surface area contributed by atoms with Crippen LogP contribution in [0.25, 0.3) is 0 Å². The molecule has 2 rings (SSSR count). The molecule has 0 bridgehead atoms. The van der Waals surface area contributed by atoms with E-state index in [1.54, 1.807) is 48.5 Å². The summed E-state index contributed by atoms with van der Waals surface area (Å²) in [6.07, 6.45) is 0. The van der Waals surface area contributed by atoms with Crippen molar-refractivity contribution in [1.29, 1.82) is 0 Å². The van der Waals surface area contributed by atoms with Gasteiger partial charge in [0, 0.05) is 11.3 Å². The number of nitrogens with two attached hydrogens (primary N) is 1. The van der Waals surface area contributed by atoms with E-state index in [0.29, 0.717) is 5.69 Å². The zero-order valence-electron chi connectivity index (χ0n) is 10.5. The number of rotatable bonds is 4. The predicted molar refractivity (Wildman–Crippen MR) is 78.8 cm³/mol. The fourth-order valence-corrected chi connectivity index (χ4v) is 1.92. The third-order valence-corrected chi connectivity index (χ3v) is 3.08. The van der Waals surface area contributed by atoms with Crippen molar-refractivity contribution in [2.75, 3.05) is 5.32 Å². The van der Waals surface area contributed by atoms with Crippen molar-refractivity contribution in [3.8, 4) is 0 Å². The number of nitrogens with one attached hydrogen (secondary N) is 1. The average molecular weight is 289 g/mol. The maximum atomic E-state index is 12.1. The summed E-state index contributed by atoms with van der Waals surface area (Å²) in [6, 6.07) is 14.0. The number of amides is 1. The van der Waals surface area contributed by atoms with Gasteiger partial charge in [-0.05, 0) is 24.3 Å². The predicted octanol–water partition coefficient (Wildman–Crippen LogP) is 2.49. The quantitative estimate of drug-likeness (QED) is 0.670. The van der Waals surface area contributed by atoms with Crippen LogP contribution in [0.2, 0.25) is 5.02 Å². The van der Waals surface area contributed by atoms with Crippen molar-refractivity contribution < 1.29 is 9.59 Å². The number of hydrogen-bond donors (Lipinski definition) is 2. The summed E-state index contributed by atoms with van der Waals surface area (Å²) in [6.45, 7) is 0. The summed E-state index contributed by atoms with van der Waals surface area (Å²) in [5, 5.41) is 2.86. The molecule has 1 atom stereocenters. The van der Waals surface area contributed by atoms with E-state index in [1.165, 1.54) is 0 Å². The molecular formula is C15H13ClN2O2. The van der Waals surface area contributed by atoms with E-state index in [0.717, 1.165) is 0 Å². The van der Waals surface area contributed by atoms with Gasteiger partial charge in [0.15, 0.2) is 5.78 Å². The molecule has 0 aliphatic carbocycles. The minimum atomic E-state index is -1.30. The molecule has 0 aliphatic rings. The van der Waals surface area contributed by atoms with E-state index in [1.807, 2.05) is 6.07 Å². The summed E-state index contributed by atoms with van der Waals surface area (Å²) in [5.74, 6) is -1.08. The summed E-state index contributed by atoms with van der Waals surface area (Å²) < 4.78 is 0. The summed E-state index contributed by atoms with van der Waals surface area (Å²) in [4.78, 5) is 24.1. The number of ketones is 1. The fraction of sp³-hybridized carbons (Fsp3) is 0.0667. The van der Waals surface area contributed by atoms with Gasteiger partial charge in [0.05, 0.1) is 5.02 Å². The van der Waals surface area contributed by atoms with Crippen LogP contribution in [0.4, 0.5) is 5.69 Å². The molecule has 0 radical (unpaired) electrons. The van der Waals surface area contributed by atoms with E-state index in [2.05, 4.69) is 5.32 Å². The number of carbonyl (C=O) groups excluding carboxylic acids is 2. The van der Waals surface area contributed by atoms with Crippen LogP contribution < -0.4 is 11.1 Å². The molecule has 20 heavy (non-hydrogen) atoms. The minimum Gasteiger partial charge on any atom is -0.324 e. The molecule has 5 heteroatoms. The summed E-state index contributed by atoms with van der Waals surface area (Å²) in [7, 11) is 0. The Labute approximate surface area is 121 Å². The molecule has 0 aromatic heterocycles. The number of carbonyl (C=O) groups is 2. The number of para-hydroxylation sites is 1. The second-order valence-electron chi connectivity index (χ2n) is 4.18. The molecule has 2 aromatic rings. The second kappa shape index (κ2) is 6.32. The lowest BCUT2D eigenvalue weighted by Gasteiger charge is -2.12. The standard InChI is InChI=1S/C15H13ClN2O2/c16-12-9-5-4-8-11(12)14(19)13(17)15(20)18-10-6-2-1-3-7-10/h1-9,13H,17H2,(H,18,20).